The van der Waals surface area contributed by atoms with Gasteiger partial charge in [-0.05, 0) is 42.2 Å². The molecule has 0 saturated carbocycles. The number of carbonyl (C=O) groups excluding carboxylic acids is 1. The first kappa shape index (κ1) is 16.3. The molecule has 2 nitrogen and oxygen atoms in total. The molecule has 0 N–H and O–H groups in total. The van der Waals surface area contributed by atoms with E-state index in [0.29, 0.717) is 6.54 Å². The standard InChI is InChI=1S/C24H21NO/c1-18-12-14-21(15-13-18)24(26)25-17-16-22(19-8-4-2-5-9-19)23(25)20-10-6-3-7-11-20/h2-15H,16-17H2,1H3. The molecule has 1 aliphatic heterocycles. The Morgan fingerprint density at radius 1 is 0.769 bits per heavy atom. The van der Waals surface area contributed by atoms with Crippen LogP contribution in [0.1, 0.15) is 33.5 Å². The Labute approximate surface area is 154 Å². The minimum atomic E-state index is 0.0646. The number of hydrogen-bond acceptors (Lipinski definition) is 1. The molecule has 0 radical (unpaired) electrons. The second-order valence-electron chi connectivity index (χ2n) is 6.63. The first-order valence-corrected chi connectivity index (χ1v) is 8.96. The molecular weight excluding hydrogens is 318 g/mol. The van der Waals surface area contributed by atoms with E-state index in [0.717, 1.165) is 28.8 Å². The zero-order valence-electron chi connectivity index (χ0n) is 14.9. The lowest BCUT2D eigenvalue weighted by atomic mass is 9.99. The van der Waals surface area contributed by atoms with Crippen molar-refractivity contribution >= 4 is 17.2 Å². The Kier molecular flexibility index (Phi) is 4.40. The van der Waals surface area contributed by atoms with E-state index < -0.39 is 0 Å². The van der Waals surface area contributed by atoms with Crippen LogP contribution < -0.4 is 0 Å². The summed E-state index contributed by atoms with van der Waals surface area (Å²) >= 11 is 0. The minimum Gasteiger partial charge on any atom is -0.307 e. The molecule has 0 aromatic heterocycles. The highest BCUT2D eigenvalue weighted by molar-refractivity contribution is 6.06. The number of benzene rings is 3. The molecule has 0 atom stereocenters. The number of carbonyl (C=O) groups is 1. The summed E-state index contributed by atoms with van der Waals surface area (Å²) in [5.74, 6) is 0.0646. The van der Waals surface area contributed by atoms with E-state index in [1.807, 2.05) is 60.4 Å². The average Bonchev–Trinajstić information content (AvgIpc) is 3.14. The molecule has 0 unspecified atom stereocenters. The Bertz CT molecular complexity index is 941. The van der Waals surface area contributed by atoms with Gasteiger partial charge in [0.15, 0.2) is 0 Å². The summed E-state index contributed by atoms with van der Waals surface area (Å²) in [7, 11) is 0. The van der Waals surface area contributed by atoms with Crippen LogP contribution in [0.2, 0.25) is 0 Å². The van der Waals surface area contributed by atoms with Crippen LogP contribution in [0.15, 0.2) is 84.9 Å². The maximum atomic E-state index is 13.2. The van der Waals surface area contributed by atoms with Crippen molar-refractivity contribution in [2.45, 2.75) is 13.3 Å². The van der Waals surface area contributed by atoms with Crippen molar-refractivity contribution in [3.8, 4) is 0 Å². The van der Waals surface area contributed by atoms with Crippen molar-refractivity contribution in [3.63, 3.8) is 0 Å². The number of rotatable bonds is 3. The molecule has 0 saturated heterocycles. The Morgan fingerprint density at radius 2 is 1.35 bits per heavy atom. The summed E-state index contributed by atoms with van der Waals surface area (Å²) in [6.07, 6.45) is 0.867. The fourth-order valence-corrected chi connectivity index (χ4v) is 3.52. The van der Waals surface area contributed by atoms with Crippen molar-refractivity contribution in [2.24, 2.45) is 0 Å². The molecule has 0 fully saturated rings. The zero-order valence-corrected chi connectivity index (χ0v) is 14.9. The molecule has 3 aromatic rings. The highest BCUT2D eigenvalue weighted by Gasteiger charge is 2.29. The lowest BCUT2D eigenvalue weighted by Crippen LogP contribution is -2.27. The maximum absolute atomic E-state index is 13.2. The van der Waals surface area contributed by atoms with Crippen molar-refractivity contribution in [2.75, 3.05) is 6.54 Å². The van der Waals surface area contributed by atoms with Crippen LogP contribution in [0.3, 0.4) is 0 Å². The van der Waals surface area contributed by atoms with E-state index >= 15 is 0 Å². The Hall–Kier alpha value is -3.13. The molecule has 1 heterocycles. The highest BCUT2D eigenvalue weighted by Crippen LogP contribution is 2.38. The van der Waals surface area contributed by atoms with Gasteiger partial charge in [0.25, 0.3) is 5.91 Å². The predicted molar refractivity (Wildman–Crippen MR) is 107 cm³/mol. The fourth-order valence-electron chi connectivity index (χ4n) is 3.52. The van der Waals surface area contributed by atoms with Crippen molar-refractivity contribution < 1.29 is 4.79 Å². The van der Waals surface area contributed by atoms with Crippen LogP contribution in [-0.4, -0.2) is 17.4 Å². The summed E-state index contributed by atoms with van der Waals surface area (Å²) in [5.41, 5.74) is 6.43. The molecule has 0 bridgehead atoms. The van der Waals surface area contributed by atoms with E-state index in [2.05, 4.69) is 36.4 Å². The zero-order chi connectivity index (χ0) is 17.9. The van der Waals surface area contributed by atoms with Gasteiger partial charge in [0.1, 0.15) is 0 Å². The smallest absolute Gasteiger partial charge is 0.258 e. The van der Waals surface area contributed by atoms with Gasteiger partial charge in [-0.2, -0.15) is 0 Å². The minimum absolute atomic E-state index is 0.0646. The van der Waals surface area contributed by atoms with Crippen LogP contribution in [0.5, 0.6) is 0 Å². The topological polar surface area (TPSA) is 20.3 Å². The number of amides is 1. The van der Waals surface area contributed by atoms with Gasteiger partial charge in [0.05, 0.1) is 5.70 Å². The Balaban J connectivity index is 1.81. The summed E-state index contributed by atoms with van der Waals surface area (Å²) < 4.78 is 0. The third-order valence-corrected chi connectivity index (χ3v) is 4.85. The second-order valence-corrected chi connectivity index (χ2v) is 6.63. The molecule has 2 heteroatoms. The van der Waals surface area contributed by atoms with E-state index in [-0.39, 0.29) is 5.91 Å². The van der Waals surface area contributed by atoms with Crippen molar-refractivity contribution in [3.05, 3.63) is 107 Å². The van der Waals surface area contributed by atoms with Crippen LogP contribution in [0.4, 0.5) is 0 Å². The normalized spacial score (nSPS) is 14.0. The lowest BCUT2D eigenvalue weighted by molar-refractivity contribution is 0.0844. The molecule has 26 heavy (non-hydrogen) atoms. The van der Waals surface area contributed by atoms with E-state index in [4.69, 9.17) is 0 Å². The van der Waals surface area contributed by atoms with Crippen LogP contribution in [-0.2, 0) is 0 Å². The quantitative estimate of drug-likeness (QED) is 0.625. The molecule has 1 amide bonds. The predicted octanol–water partition coefficient (Wildman–Crippen LogP) is 5.41. The average molecular weight is 339 g/mol. The third-order valence-electron chi connectivity index (χ3n) is 4.85. The fraction of sp³-hybridized carbons (Fsp3) is 0.125. The Morgan fingerprint density at radius 3 is 1.96 bits per heavy atom. The van der Waals surface area contributed by atoms with Crippen molar-refractivity contribution in [1.29, 1.82) is 0 Å². The maximum Gasteiger partial charge on any atom is 0.258 e. The largest absolute Gasteiger partial charge is 0.307 e. The van der Waals surface area contributed by atoms with Crippen LogP contribution in [0, 0.1) is 6.92 Å². The number of aryl methyl sites for hydroxylation is 1. The van der Waals surface area contributed by atoms with Gasteiger partial charge in [0.2, 0.25) is 0 Å². The van der Waals surface area contributed by atoms with E-state index in [1.165, 1.54) is 11.1 Å². The molecule has 0 spiro atoms. The highest BCUT2D eigenvalue weighted by atomic mass is 16.2. The first-order chi connectivity index (χ1) is 12.7. The summed E-state index contributed by atoms with van der Waals surface area (Å²) in [6, 6.07) is 28.4. The summed E-state index contributed by atoms with van der Waals surface area (Å²) in [5, 5.41) is 0. The second kappa shape index (κ2) is 7.01. The SMILES string of the molecule is Cc1ccc(C(=O)N2CCC(c3ccccc3)=C2c2ccccc2)cc1. The van der Waals surface area contributed by atoms with Gasteiger partial charge in [0, 0.05) is 12.1 Å². The number of hydrogen-bond donors (Lipinski definition) is 0. The molecule has 4 rings (SSSR count). The van der Waals surface area contributed by atoms with Gasteiger partial charge in [-0.1, -0.05) is 78.4 Å². The first-order valence-electron chi connectivity index (χ1n) is 8.96. The van der Waals surface area contributed by atoms with Gasteiger partial charge in [-0.15, -0.1) is 0 Å². The van der Waals surface area contributed by atoms with Gasteiger partial charge in [-0.25, -0.2) is 0 Å². The van der Waals surface area contributed by atoms with Crippen LogP contribution >= 0.6 is 0 Å². The van der Waals surface area contributed by atoms with Crippen molar-refractivity contribution in [1.82, 2.24) is 4.90 Å². The number of nitrogens with zero attached hydrogens (tertiary/aromatic N) is 1. The van der Waals surface area contributed by atoms with Gasteiger partial charge >= 0.3 is 0 Å². The van der Waals surface area contributed by atoms with E-state index in [9.17, 15) is 4.79 Å². The lowest BCUT2D eigenvalue weighted by Gasteiger charge is -2.21. The molecule has 128 valence electrons. The van der Waals surface area contributed by atoms with Crippen LogP contribution in [0.25, 0.3) is 11.3 Å². The van der Waals surface area contributed by atoms with Gasteiger partial charge in [-0.3, -0.25) is 4.79 Å². The summed E-state index contributed by atoms with van der Waals surface area (Å²) in [4.78, 5) is 15.1. The molecular formula is C24H21NO. The van der Waals surface area contributed by atoms with E-state index in [1.54, 1.807) is 0 Å². The summed E-state index contributed by atoms with van der Waals surface area (Å²) in [6.45, 7) is 2.74. The molecule has 3 aromatic carbocycles. The molecule has 1 aliphatic rings. The third kappa shape index (κ3) is 3.06. The monoisotopic (exact) mass is 339 g/mol. The van der Waals surface area contributed by atoms with Gasteiger partial charge < -0.3 is 4.90 Å². The molecule has 0 aliphatic carbocycles.